The van der Waals surface area contributed by atoms with Gasteiger partial charge in [0.05, 0.1) is 39.0 Å². The number of para-hydroxylation sites is 1. The van der Waals surface area contributed by atoms with Gasteiger partial charge in [0.25, 0.3) is 20.2 Å². The first kappa shape index (κ1) is 39.7. The second-order valence-corrected chi connectivity index (χ2v) is 17.0. The Labute approximate surface area is 322 Å². The molecule has 0 bridgehead atoms. The van der Waals surface area contributed by atoms with E-state index in [-0.39, 0.29) is 60.6 Å². The molecule has 16 nitrogen and oxygen atoms in total. The third-order valence-electron chi connectivity index (χ3n) is 8.26. The van der Waals surface area contributed by atoms with Gasteiger partial charge in [0, 0.05) is 33.6 Å². The average molecular weight is 820 g/mol. The molecule has 56 heavy (non-hydrogen) atoms. The standard InChI is InChI=1S/C37H33N5O11S3/c1-22-16-31(41-42-36-33(53-54(5,44)45)18-23-17-25(14-15-27(23)37(36)43)38-24-10-7-6-8-11-24)32(50-2)21-30(22)40-39-26-19-29-28(35(20-26)56(48,49)52-4)12-9-13-34(29)55(46,47)51-3/h6-21,38,43H,1-5H3. The van der Waals surface area contributed by atoms with Crippen LogP contribution in [-0.4, -0.2) is 57.9 Å². The molecule has 0 saturated carbocycles. The second-order valence-electron chi connectivity index (χ2n) is 12.0. The fourth-order valence-electron chi connectivity index (χ4n) is 5.64. The molecule has 6 aromatic rings. The van der Waals surface area contributed by atoms with Gasteiger partial charge in [-0.05, 0) is 78.5 Å². The van der Waals surface area contributed by atoms with Gasteiger partial charge in [0.2, 0.25) is 0 Å². The number of nitrogens with one attached hydrogen (secondary N) is 1. The van der Waals surface area contributed by atoms with Crippen molar-refractivity contribution in [1.82, 2.24) is 0 Å². The molecule has 0 aliphatic rings. The summed E-state index contributed by atoms with van der Waals surface area (Å²) in [6.07, 6.45) is 0.859. The smallest absolute Gasteiger partial charge is 0.306 e. The molecular weight excluding hydrogens is 787 g/mol. The maximum Gasteiger partial charge on any atom is 0.306 e. The zero-order valence-corrected chi connectivity index (χ0v) is 32.7. The van der Waals surface area contributed by atoms with Crippen LogP contribution < -0.4 is 14.2 Å². The Kier molecular flexibility index (Phi) is 11.1. The van der Waals surface area contributed by atoms with E-state index in [4.69, 9.17) is 13.1 Å². The SMILES string of the molecule is COc1cc(N=Nc2cc(S(=O)(=O)OC)c3cccc(S(=O)(=O)OC)c3c2)c(C)cc1N=Nc1c(OS(C)(=O)=O)cc2cc(Nc3ccccc3)ccc2c1O. The number of aromatic hydroxyl groups is 1. The first-order valence-corrected chi connectivity index (χ1v) is 20.9. The topological polar surface area (TPSA) is 221 Å². The number of hydrogen-bond donors (Lipinski definition) is 2. The number of azo groups is 2. The number of ether oxygens (including phenoxy) is 1. The fraction of sp³-hybridized carbons (Fsp3) is 0.135. The summed E-state index contributed by atoms with van der Waals surface area (Å²) >= 11 is 0. The molecule has 0 heterocycles. The molecule has 0 fully saturated rings. The van der Waals surface area contributed by atoms with Crippen LogP contribution in [0.2, 0.25) is 0 Å². The highest BCUT2D eigenvalue weighted by Gasteiger charge is 2.24. The summed E-state index contributed by atoms with van der Waals surface area (Å²) in [6.45, 7) is 1.67. The molecule has 0 radical (unpaired) electrons. The van der Waals surface area contributed by atoms with E-state index in [0.717, 1.165) is 26.2 Å². The number of methoxy groups -OCH3 is 1. The van der Waals surface area contributed by atoms with E-state index >= 15 is 0 Å². The van der Waals surface area contributed by atoms with Crippen molar-refractivity contribution in [2.45, 2.75) is 16.7 Å². The van der Waals surface area contributed by atoms with Crippen LogP contribution in [0.5, 0.6) is 17.2 Å². The van der Waals surface area contributed by atoms with Crippen molar-refractivity contribution in [3.05, 3.63) is 103 Å². The molecule has 6 rings (SSSR count). The molecule has 0 aromatic heterocycles. The van der Waals surface area contributed by atoms with Crippen molar-refractivity contribution < 1.29 is 47.6 Å². The van der Waals surface area contributed by atoms with E-state index < -0.39 is 30.4 Å². The molecule has 0 atom stereocenters. The highest BCUT2D eigenvalue weighted by Crippen LogP contribution is 2.46. The number of hydrogen-bond acceptors (Lipinski definition) is 16. The Hall–Kier alpha value is -5.99. The summed E-state index contributed by atoms with van der Waals surface area (Å²) in [5.74, 6) is -0.514. The van der Waals surface area contributed by atoms with Gasteiger partial charge in [-0.3, -0.25) is 8.37 Å². The molecule has 6 aromatic carbocycles. The lowest BCUT2D eigenvalue weighted by atomic mass is 10.1. The minimum atomic E-state index is -4.34. The highest BCUT2D eigenvalue weighted by molar-refractivity contribution is 7.87. The van der Waals surface area contributed by atoms with Crippen molar-refractivity contribution in [3.63, 3.8) is 0 Å². The fourth-order valence-corrected chi connectivity index (χ4v) is 7.85. The van der Waals surface area contributed by atoms with Crippen LogP contribution >= 0.6 is 0 Å². The van der Waals surface area contributed by atoms with Gasteiger partial charge in [-0.1, -0.05) is 30.3 Å². The third kappa shape index (κ3) is 8.46. The van der Waals surface area contributed by atoms with Crippen LogP contribution in [0.4, 0.5) is 34.1 Å². The Bertz CT molecular complexity index is 2900. The molecule has 19 heteroatoms. The maximum atomic E-state index is 12.9. The van der Waals surface area contributed by atoms with Gasteiger partial charge in [-0.15, -0.1) is 10.2 Å². The number of anilines is 2. The summed E-state index contributed by atoms with van der Waals surface area (Å²) in [4.78, 5) is -0.632. The van der Waals surface area contributed by atoms with E-state index in [1.54, 1.807) is 25.1 Å². The number of rotatable bonds is 13. The Balaban J connectivity index is 1.39. The Morgan fingerprint density at radius 3 is 1.98 bits per heavy atom. The molecule has 0 unspecified atom stereocenters. The summed E-state index contributed by atoms with van der Waals surface area (Å²) in [5.41, 5.74) is 2.11. The first-order chi connectivity index (χ1) is 26.5. The molecule has 0 aliphatic carbocycles. The quantitative estimate of drug-likeness (QED) is 0.0826. The molecule has 0 aliphatic heterocycles. The van der Waals surface area contributed by atoms with E-state index in [1.807, 2.05) is 30.3 Å². The second kappa shape index (κ2) is 15.6. The molecular formula is C37H33N5O11S3. The first-order valence-electron chi connectivity index (χ1n) is 16.2. The lowest BCUT2D eigenvalue weighted by molar-refractivity contribution is 0.397. The van der Waals surface area contributed by atoms with Crippen LogP contribution in [0, 0.1) is 6.92 Å². The summed E-state index contributed by atoms with van der Waals surface area (Å²) < 4.78 is 95.9. The van der Waals surface area contributed by atoms with Crippen LogP contribution in [0.1, 0.15) is 5.56 Å². The number of nitrogens with zero attached hydrogens (tertiary/aromatic N) is 4. The van der Waals surface area contributed by atoms with E-state index in [2.05, 4.69) is 30.0 Å². The molecule has 2 N–H and O–H groups in total. The highest BCUT2D eigenvalue weighted by atomic mass is 32.2. The van der Waals surface area contributed by atoms with Crippen molar-refractivity contribution in [2.24, 2.45) is 20.5 Å². The number of fused-ring (bicyclic) bond motifs is 2. The summed E-state index contributed by atoms with van der Waals surface area (Å²) in [7, 11) is -9.35. The van der Waals surface area contributed by atoms with Gasteiger partial charge in [0.1, 0.15) is 21.2 Å². The predicted molar refractivity (Wildman–Crippen MR) is 209 cm³/mol. The minimum Gasteiger partial charge on any atom is -0.505 e. The van der Waals surface area contributed by atoms with E-state index in [0.29, 0.717) is 22.0 Å². The van der Waals surface area contributed by atoms with Gasteiger partial charge < -0.3 is 19.3 Å². The van der Waals surface area contributed by atoms with Gasteiger partial charge in [-0.25, -0.2) is 0 Å². The lowest BCUT2D eigenvalue weighted by Crippen LogP contribution is -2.06. The van der Waals surface area contributed by atoms with Gasteiger partial charge >= 0.3 is 10.1 Å². The zero-order chi connectivity index (χ0) is 40.4. The number of benzene rings is 6. The monoisotopic (exact) mass is 819 g/mol. The Morgan fingerprint density at radius 1 is 0.607 bits per heavy atom. The Morgan fingerprint density at radius 2 is 1.30 bits per heavy atom. The molecule has 290 valence electrons. The average Bonchev–Trinajstić information content (AvgIpc) is 3.16. The number of phenols is 1. The van der Waals surface area contributed by atoms with Crippen molar-refractivity contribution in [1.29, 1.82) is 0 Å². The summed E-state index contributed by atoms with van der Waals surface area (Å²) in [5, 5.41) is 32.4. The van der Waals surface area contributed by atoms with E-state index in [9.17, 15) is 30.4 Å². The van der Waals surface area contributed by atoms with Gasteiger partial charge in [0.15, 0.2) is 17.2 Å². The zero-order valence-electron chi connectivity index (χ0n) is 30.3. The minimum absolute atomic E-state index is 0.00643. The van der Waals surface area contributed by atoms with Crippen LogP contribution in [0.3, 0.4) is 0 Å². The van der Waals surface area contributed by atoms with Crippen molar-refractivity contribution in [3.8, 4) is 17.2 Å². The van der Waals surface area contributed by atoms with Crippen LogP contribution in [0.15, 0.2) is 127 Å². The van der Waals surface area contributed by atoms with Crippen molar-refractivity contribution in [2.75, 3.05) is 32.9 Å². The third-order valence-corrected chi connectivity index (χ3v) is 11.4. The normalized spacial score (nSPS) is 12.5. The maximum absolute atomic E-state index is 12.9. The predicted octanol–water partition coefficient (Wildman–Crippen LogP) is 8.60. The van der Waals surface area contributed by atoms with Gasteiger partial charge in [-0.2, -0.15) is 35.5 Å². The number of phenolic OH excluding ortho intramolecular Hbond substituents is 1. The molecule has 0 spiro atoms. The molecule has 0 amide bonds. The molecule has 0 saturated heterocycles. The summed E-state index contributed by atoms with van der Waals surface area (Å²) in [6, 6.07) is 25.5. The van der Waals surface area contributed by atoms with Crippen LogP contribution in [0.25, 0.3) is 21.5 Å². The van der Waals surface area contributed by atoms with Crippen molar-refractivity contribution >= 4 is 86.0 Å². The lowest BCUT2D eigenvalue weighted by Gasteiger charge is -2.13. The number of aryl methyl sites for hydroxylation is 1. The van der Waals surface area contributed by atoms with Crippen LogP contribution in [-0.2, 0) is 38.7 Å². The largest absolute Gasteiger partial charge is 0.505 e. The van der Waals surface area contributed by atoms with E-state index in [1.165, 1.54) is 55.6 Å².